The van der Waals surface area contributed by atoms with E-state index in [1.54, 1.807) is 0 Å². The van der Waals surface area contributed by atoms with Gasteiger partial charge in [0.2, 0.25) is 0 Å². The van der Waals surface area contributed by atoms with E-state index in [9.17, 15) is 13.6 Å². The molecule has 0 N–H and O–H groups in total. The number of hydrogen-bond donors (Lipinski definition) is 0. The molecule has 0 bridgehead atoms. The second-order valence-electron chi connectivity index (χ2n) is 2.32. The lowest BCUT2D eigenvalue weighted by Gasteiger charge is -2.01. The molecule has 0 spiro atoms. The topological polar surface area (TPSA) is 17.1 Å². The van der Waals surface area contributed by atoms with E-state index in [1.807, 2.05) is 0 Å². The maximum Gasteiger partial charge on any atom is 0.186 e. The Hall–Kier alpha value is -1.03. The van der Waals surface area contributed by atoms with Crippen LogP contribution >= 0.6 is 15.9 Å². The molecule has 0 saturated heterocycles. The molecule has 1 aromatic rings. The number of rotatable bonds is 2. The molecule has 68 valence electrons. The normalized spacial score (nSPS) is 9.77. The Balaban J connectivity index is 3.36. The van der Waals surface area contributed by atoms with Crippen LogP contribution in [-0.2, 0) is 0 Å². The van der Waals surface area contributed by atoms with Gasteiger partial charge in [0.1, 0.15) is 11.6 Å². The van der Waals surface area contributed by atoms with Crippen LogP contribution in [0.2, 0.25) is 0 Å². The van der Waals surface area contributed by atoms with Crippen molar-refractivity contribution >= 4 is 21.7 Å². The Morgan fingerprint density at radius 2 is 2.08 bits per heavy atom. The molecule has 0 heterocycles. The van der Waals surface area contributed by atoms with Crippen LogP contribution in [0.1, 0.15) is 10.4 Å². The van der Waals surface area contributed by atoms with Gasteiger partial charge in [-0.3, -0.25) is 4.79 Å². The maximum atomic E-state index is 12.9. The largest absolute Gasteiger partial charge is 0.289 e. The molecule has 13 heavy (non-hydrogen) atoms. The average molecular weight is 247 g/mol. The van der Waals surface area contributed by atoms with Crippen LogP contribution in [0.25, 0.3) is 0 Å². The third-order valence-electron chi connectivity index (χ3n) is 1.44. The van der Waals surface area contributed by atoms with Gasteiger partial charge in [-0.05, 0) is 28.1 Å². The SMILES string of the molecule is C=CC(=O)c1cc(F)cc(F)c1Br. The Labute approximate surface area is 82.2 Å². The van der Waals surface area contributed by atoms with Crippen molar-refractivity contribution < 1.29 is 13.6 Å². The molecule has 0 aliphatic rings. The summed E-state index contributed by atoms with van der Waals surface area (Å²) in [6.45, 7) is 3.22. The highest BCUT2D eigenvalue weighted by molar-refractivity contribution is 9.10. The molecule has 0 aliphatic heterocycles. The Bertz CT molecular complexity index is 374. The van der Waals surface area contributed by atoms with Crippen molar-refractivity contribution in [1.82, 2.24) is 0 Å². The van der Waals surface area contributed by atoms with Gasteiger partial charge in [0, 0.05) is 11.6 Å². The van der Waals surface area contributed by atoms with Crippen LogP contribution in [0.4, 0.5) is 8.78 Å². The van der Waals surface area contributed by atoms with Crippen molar-refractivity contribution in [2.45, 2.75) is 0 Å². The van der Waals surface area contributed by atoms with Crippen LogP contribution < -0.4 is 0 Å². The van der Waals surface area contributed by atoms with Gasteiger partial charge in [-0.2, -0.15) is 0 Å². The van der Waals surface area contributed by atoms with Crippen molar-refractivity contribution in [2.75, 3.05) is 0 Å². The lowest BCUT2D eigenvalue weighted by atomic mass is 10.1. The van der Waals surface area contributed by atoms with Crippen LogP contribution in [0, 0.1) is 11.6 Å². The van der Waals surface area contributed by atoms with Gasteiger partial charge in [-0.1, -0.05) is 6.58 Å². The molecule has 0 aliphatic carbocycles. The molecule has 0 atom stereocenters. The summed E-state index contributed by atoms with van der Waals surface area (Å²) in [6.07, 6.45) is 0.999. The zero-order valence-electron chi connectivity index (χ0n) is 6.48. The molecular formula is C9H5BrF2O. The summed E-state index contributed by atoms with van der Waals surface area (Å²) in [7, 11) is 0. The van der Waals surface area contributed by atoms with E-state index in [1.165, 1.54) is 0 Å². The fraction of sp³-hybridized carbons (Fsp3) is 0. The molecule has 1 rings (SSSR count). The van der Waals surface area contributed by atoms with Crippen molar-refractivity contribution in [1.29, 1.82) is 0 Å². The number of allylic oxidation sites excluding steroid dienone is 1. The minimum absolute atomic E-state index is 0.0428. The molecule has 0 radical (unpaired) electrons. The Kier molecular flexibility index (Phi) is 2.93. The first-order valence-electron chi connectivity index (χ1n) is 3.37. The third-order valence-corrected chi connectivity index (χ3v) is 2.25. The van der Waals surface area contributed by atoms with Crippen LogP contribution in [0.15, 0.2) is 29.3 Å². The standard InChI is InChI=1S/C9H5BrF2O/c1-2-8(13)6-3-5(11)4-7(12)9(6)10/h2-4H,1H2. The molecule has 1 aromatic carbocycles. The second-order valence-corrected chi connectivity index (χ2v) is 3.11. The van der Waals surface area contributed by atoms with Crippen molar-refractivity contribution in [3.8, 4) is 0 Å². The smallest absolute Gasteiger partial charge is 0.186 e. The number of ketones is 1. The molecular weight excluding hydrogens is 242 g/mol. The summed E-state index contributed by atoms with van der Waals surface area (Å²) < 4.78 is 25.5. The van der Waals surface area contributed by atoms with E-state index in [4.69, 9.17) is 0 Å². The van der Waals surface area contributed by atoms with E-state index in [2.05, 4.69) is 22.5 Å². The lowest BCUT2D eigenvalue weighted by molar-refractivity contribution is 0.104. The minimum Gasteiger partial charge on any atom is -0.289 e. The first kappa shape index (κ1) is 10.1. The lowest BCUT2D eigenvalue weighted by Crippen LogP contribution is -1.98. The van der Waals surface area contributed by atoms with E-state index in [0.717, 1.165) is 12.1 Å². The number of halogens is 3. The van der Waals surface area contributed by atoms with Gasteiger partial charge in [-0.15, -0.1) is 0 Å². The van der Waals surface area contributed by atoms with Crippen molar-refractivity contribution in [3.63, 3.8) is 0 Å². The summed E-state index contributed by atoms with van der Waals surface area (Å²) in [4.78, 5) is 11.1. The predicted molar refractivity (Wildman–Crippen MR) is 48.6 cm³/mol. The molecule has 0 aromatic heterocycles. The summed E-state index contributed by atoms with van der Waals surface area (Å²) in [5.74, 6) is -2.11. The molecule has 4 heteroatoms. The van der Waals surface area contributed by atoms with Crippen molar-refractivity contribution in [2.24, 2.45) is 0 Å². The molecule has 0 fully saturated rings. The maximum absolute atomic E-state index is 12.9. The first-order chi connectivity index (χ1) is 6.06. The highest BCUT2D eigenvalue weighted by Crippen LogP contribution is 2.22. The van der Waals surface area contributed by atoms with Gasteiger partial charge in [-0.25, -0.2) is 8.78 Å². The van der Waals surface area contributed by atoms with E-state index < -0.39 is 17.4 Å². The van der Waals surface area contributed by atoms with Gasteiger partial charge in [0.15, 0.2) is 5.78 Å². The van der Waals surface area contributed by atoms with Gasteiger partial charge >= 0.3 is 0 Å². The van der Waals surface area contributed by atoms with Gasteiger partial charge < -0.3 is 0 Å². The van der Waals surface area contributed by atoms with E-state index >= 15 is 0 Å². The monoisotopic (exact) mass is 246 g/mol. The van der Waals surface area contributed by atoms with Gasteiger partial charge in [0.05, 0.1) is 4.47 Å². The third kappa shape index (κ3) is 2.01. The van der Waals surface area contributed by atoms with Crippen LogP contribution in [0.5, 0.6) is 0 Å². The summed E-state index contributed by atoms with van der Waals surface area (Å²) >= 11 is 2.85. The number of carbonyl (C=O) groups is 1. The molecule has 0 amide bonds. The molecule has 0 unspecified atom stereocenters. The Morgan fingerprint density at radius 1 is 1.46 bits per heavy atom. The van der Waals surface area contributed by atoms with Crippen molar-refractivity contribution in [3.05, 3.63) is 46.5 Å². The highest BCUT2D eigenvalue weighted by Gasteiger charge is 2.12. The number of benzene rings is 1. The molecule has 0 saturated carbocycles. The summed E-state index contributed by atoms with van der Waals surface area (Å²) in [5, 5.41) is 0. The van der Waals surface area contributed by atoms with Crippen LogP contribution in [0.3, 0.4) is 0 Å². The summed E-state index contributed by atoms with van der Waals surface area (Å²) in [5.41, 5.74) is -0.0625. The number of hydrogen-bond acceptors (Lipinski definition) is 1. The minimum atomic E-state index is -0.801. The zero-order chi connectivity index (χ0) is 10.0. The van der Waals surface area contributed by atoms with Gasteiger partial charge in [0.25, 0.3) is 0 Å². The second kappa shape index (κ2) is 3.79. The predicted octanol–water partition coefficient (Wildman–Crippen LogP) is 3.10. The fourth-order valence-corrected chi connectivity index (χ4v) is 1.27. The van der Waals surface area contributed by atoms with E-state index in [-0.39, 0.29) is 10.0 Å². The highest BCUT2D eigenvalue weighted by atomic mass is 79.9. The number of carbonyl (C=O) groups excluding carboxylic acids is 1. The first-order valence-corrected chi connectivity index (χ1v) is 4.17. The fourth-order valence-electron chi connectivity index (χ4n) is 0.845. The Morgan fingerprint density at radius 3 is 2.62 bits per heavy atom. The van der Waals surface area contributed by atoms with E-state index in [0.29, 0.717) is 6.07 Å². The summed E-state index contributed by atoms with van der Waals surface area (Å²) in [6, 6.07) is 1.65. The molecule has 1 nitrogen and oxygen atoms in total. The zero-order valence-corrected chi connectivity index (χ0v) is 8.07. The van der Waals surface area contributed by atoms with Crippen LogP contribution in [-0.4, -0.2) is 5.78 Å². The quantitative estimate of drug-likeness (QED) is 0.446. The average Bonchev–Trinajstić information content (AvgIpc) is 2.10.